The third kappa shape index (κ3) is 2.88. The molecule has 0 atom stereocenters. The smallest absolute Gasteiger partial charge is 0.140 e. The molecule has 0 fully saturated rings. The average molecular weight is 310 g/mol. The standard InChI is InChI=1S/C20H16F2O/c1-14-2-4-15(5-3-14)20(23,16-6-10-18(21)11-7-16)17-8-12-19(22)13-9-17/h2-13,23H,1H3. The minimum Gasteiger partial charge on any atom is -0.376 e. The van der Waals surface area contributed by atoms with E-state index in [1.54, 1.807) is 24.3 Å². The summed E-state index contributed by atoms with van der Waals surface area (Å²) in [5, 5.41) is 11.5. The highest BCUT2D eigenvalue weighted by Crippen LogP contribution is 2.36. The molecule has 0 spiro atoms. The van der Waals surface area contributed by atoms with Crippen LogP contribution in [0.4, 0.5) is 8.78 Å². The number of aliphatic hydroxyl groups is 1. The Labute approximate surface area is 133 Å². The van der Waals surface area contributed by atoms with Crippen LogP contribution in [0.25, 0.3) is 0 Å². The van der Waals surface area contributed by atoms with Gasteiger partial charge in [-0.25, -0.2) is 8.78 Å². The lowest BCUT2D eigenvalue weighted by Crippen LogP contribution is -2.28. The Morgan fingerprint density at radius 3 is 1.26 bits per heavy atom. The van der Waals surface area contributed by atoms with E-state index < -0.39 is 5.60 Å². The van der Waals surface area contributed by atoms with Crippen molar-refractivity contribution >= 4 is 0 Å². The maximum atomic E-state index is 13.3. The van der Waals surface area contributed by atoms with E-state index in [0.29, 0.717) is 16.7 Å². The van der Waals surface area contributed by atoms with E-state index in [1.807, 2.05) is 31.2 Å². The number of hydrogen-bond acceptors (Lipinski definition) is 1. The Hall–Kier alpha value is -2.52. The van der Waals surface area contributed by atoms with Gasteiger partial charge < -0.3 is 5.11 Å². The van der Waals surface area contributed by atoms with Crippen molar-refractivity contribution in [2.45, 2.75) is 12.5 Å². The summed E-state index contributed by atoms with van der Waals surface area (Å²) in [6.07, 6.45) is 0. The molecule has 3 aromatic carbocycles. The van der Waals surface area contributed by atoms with Crippen molar-refractivity contribution in [2.75, 3.05) is 0 Å². The van der Waals surface area contributed by atoms with E-state index in [1.165, 1.54) is 24.3 Å². The molecule has 116 valence electrons. The van der Waals surface area contributed by atoms with Gasteiger partial charge in [-0.2, -0.15) is 0 Å². The Kier molecular flexibility index (Phi) is 3.97. The first-order valence-corrected chi connectivity index (χ1v) is 7.32. The molecule has 3 rings (SSSR count). The summed E-state index contributed by atoms with van der Waals surface area (Å²) in [5.74, 6) is -0.752. The molecular weight excluding hydrogens is 294 g/mol. The van der Waals surface area contributed by atoms with Crippen molar-refractivity contribution in [2.24, 2.45) is 0 Å². The molecule has 0 amide bonds. The molecule has 0 saturated heterocycles. The summed E-state index contributed by atoms with van der Waals surface area (Å²) in [6, 6.07) is 18.8. The molecule has 1 N–H and O–H groups in total. The Bertz CT molecular complexity index is 680. The summed E-state index contributed by atoms with van der Waals surface area (Å²) in [6.45, 7) is 1.96. The lowest BCUT2D eigenvalue weighted by Gasteiger charge is -2.30. The summed E-state index contributed by atoms with van der Waals surface area (Å²) >= 11 is 0. The second kappa shape index (κ2) is 5.94. The van der Waals surface area contributed by atoms with Crippen molar-refractivity contribution in [1.29, 1.82) is 0 Å². The van der Waals surface area contributed by atoms with E-state index in [4.69, 9.17) is 0 Å². The van der Waals surface area contributed by atoms with Crippen LogP contribution in [0.3, 0.4) is 0 Å². The van der Waals surface area contributed by atoms with Crippen molar-refractivity contribution < 1.29 is 13.9 Å². The first-order valence-electron chi connectivity index (χ1n) is 7.32. The summed E-state index contributed by atoms with van der Waals surface area (Å²) in [4.78, 5) is 0. The summed E-state index contributed by atoms with van der Waals surface area (Å²) < 4.78 is 26.5. The first kappa shape index (κ1) is 15.4. The van der Waals surface area contributed by atoms with Crippen LogP contribution < -0.4 is 0 Å². The SMILES string of the molecule is Cc1ccc(C(O)(c2ccc(F)cc2)c2ccc(F)cc2)cc1. The van der Waals surface area contributed by atoms with Crippen LogP contribution in [0.5, 0.6) is 0 Å². The maximum absolute atomic E-state index is 13.3. The quantitative estimate of drug-likeness (QED) is 0.703. The molecule has 0 bridgehead atoms. The maximum Gasteiger partial charge on any atom is 0.140 e. The van der Waals surface area contributed by atoms with E-state index in [0.717, 1.165) is 5.56 Å². The third-order valence-electron chi connectivity index (χ3n) is 3.99. The molecule has 0 aliphatic rings. The Morgan fingerprint density at radius 2 is 0.913 bits per heavy atom. The fourth-order valence-electron chi connectivity index (χ4n) is 2.68. The second-order valence-corrected chi connectivity index (χ2v) is 5.59. The van der Waals surface area contributed by atoms with Crippen LogP contribution in [0, 0.1) is 18.6 Å². The van der Waals surface area contributed by atoms with E-state index in [2.05, 4.69) is 0 Å². The minimum absolute atomic E-state index is 0.376. The Balaban J connectivity index is 2.21. The van der Waals surface area contributed by atoms with Crippen molar-refractivity contribution in [3.8, 4) is 0 Å². The van der Waals surface area contributed by atoms with Crippen LogP contribution in [0.1, 0.15) is 22.3 Å². The molecule has 0 heterocycles. The van der Waals surface area contributed by atoms with Crippen molar-refractivity contribution in [1.82, 2.24) is 0 Å². The van der Waals surface area contributed by atoms with Gasteiger partial charge in [0.2, 0.25) is 0 Å². The molecule has 0 aliphatic heterocycles. The van der Waals surface area contributed by atoms with Gasteiger partial charge >= 0.3 is 0 Å². The van der Waals surface area contributed by atoms with Gasteiger partial charge in [-0.1, -0.05) is 54.1 Å². The zero-order chi connectivity index (χ0) is 16.4. The fraction of sp³-hybridized carbons (Fsp3) is 0.100. The van der Waals surface area contributed by atoms with Crippen molar-refractivity contribution in [3.63, 3.8) is 0 Å². The first-order chi connectivity index (χ1) is 11.0. The molecule has 0 aliphatic carbocycles. The number of halogens is 2. The number of aryl methyl sites for hydroxylation is 1. The van der Waals surface area contributed by atoms with Crippen LogP contribution in [-0.2, 0) is 5.60 Å². The normalized spacial score (nSPS) is 11.5. The van der Waals surface area contributed by atoms with Crippen LogP contribution in [-0.4, -0.2) is 5.11 Å². The highest BCUT2D eigenvalue weighted by molar-refractivity contribution is 5.47. The molecule has 1 nitrogen and oxygen atoms in total. The largest absolute Gasteiger partial charge is 0.376 e. The zero-order valence-electron chi connectivity index (χ0n) is 12.6. The minimum atomic E-state index is -1.48. The monoisotopic (exact) mass is 310 g/mol. The van der Waals surface area contributed by atoms with Gasteiger partial charge in [0.05, 0.1) is 0 Å². The number of hydrogen-bond donors (Lipinski definition) is 1. The average Bonchev–Trinajstić information content (AvgIpc) is 2.56. The van der Waals surface area contributed by atoms with E-state index in [-0.39, 0.29) is 11.6 Å². The lowest BCUT2D eigenvalue weighted by molar-refractivity contribution is 0.125. The van der Waals surface area contributed by atoms with Gasteiger partial charge in [-0.3, -0.25) is 0 Å². The van der Waals surface area contributed by atoms with Gasteiger partial charge in [-0.05, 0) is 47.9 Å². The van der Waals surface area contributed by atoms with Gasteiger partial charge in [0.1, 0.15) is 17.2 Å². The zero-order valence-corrected chi connectivity index (χ0v) is 12.6. The van der Waals surface area contributed by atoms with Crippen LogP contribution in [0.15, 0.2) is 72.8 Å². The lowest BCUT2D eigenvalue weighted by atomic mass is 9.80. The van der Waals surface area contributed by atoms with Gasteiger partial charge in [0.15, 0.2) is 0 Å². The topological polar surface area (TPSA) is 20.2 Å². The molecule has 3 aromatic rings. The number of rotatable bonds is 3. The molecule has 23 heavy (non-hydrogen) atoms. The molecule has 0 aromatic heterocycles. The van der Waals surface area contributed by atoms with Gasteiger partial charge in [0, 0.05) is 0 Å². The highest BCUT2D eigenvalue weighted by Gasteiger charge is 2.33. The molecule has 0 unspecified atom stereocenters. The van der Waals surface area contributed by atoms with E-state index >= 15 is 0 Å². The molecule has 0 radical (unpaired) electrons. The molecular formula is C20H16F2O. The highest BCUT2D eigenvalue weighted by atomic mass is 19.1. The predicted molar refractivity (Wildman–Crippen MR) is 86.1 cm³/mol. The van der Waals surface area contributed by atoms with Crippen LogP contribution >= 0.6 is 0 Å². The fourth-order valence-corrected chi connectivity index (χ4v) is 2.68. The predicted octanol–water partition coefficient (Wildman–Crippen LogP) is 4.56. The van der Waals surface area contributed by atoms with Gasteiger partial charge in [0.25, 0.3) is 0 Å². The summed E-state index contributed by atoms with van der Waals surface area (Å²) in [7, 11) is 0. The molecule has 3 heteroatoms. The van der Waals surface area contributed by atoms with E-state index in [9.17, 15) is 13.9 Å². The van der Waals surface area contributed by atoms with Gasteiger partial charge in [-0.15, -0.1) is 0 Å². The van der Waals surface area contributed by atoms with Crippen LogP contribution in [0.2, 0.25) is 0 Å². The summed E-state index contributed by atoms with van der Waals surface area (Å²) in [5.41, 5.74) is 1.27. The Morgan fingerprint density at radius 1 is 0.609 bits per heavy atom. The van der Waals surface area contributed by atoms with Crippen molar-refractivity contribution in [3.05, 3.63) is 107 Å². The third-order valence-corrected chi connectivity index (χ3v) is 3.99. The number of benzene rings is 3. The second-order valence-electron chi connectivity index (χ2n) is 5.59. The molecule has 0 saturated carbocycles.